The summed E-state index contributed by atoms with van der Waals surface area (Å²) in [6, 6.07) is 1.43. The number of carbonyl (C=O) groups is 3. The van der Waals surface area contributed by atoms with Crippen molar-refractivity contribution in [3.05, 3.63) is 33.7 Å². The van der Waals surface area contributed by atoms with E-state index >= 15 is 0 Å². The van der Waals surface area contributed by atoms with Crippen LogP contribution in [0.2, 0.25) is 0 Å². The van der Waals surface area contributed by atoms with Gasteiger partial charge in [0, 0.05) is 23.9 Å². The summed E-state index contributed by atoms with van der Waals surface area (Å²) in [5, 5.41) is 29.6. The van der Waals surface area contributed by atoms with E-state index in [-0.39, 0.29) is 17.8 Å². The Hall–Kier alpha value is -2.68. The molecule has 1 fully saturated rings. The Labute approximate surface area is 123 Å². The number of nitrogens with one attached hydrogen (secondary N) is 2. The van der Waals surface area contributed by atoms with Crippen LogP contribution in [0, 0.1) is 5.92 Å². The first-order chi connectivity index (χ1) is 10.3. The van der Waals surface area contributed by atoms with Gasteiger partial charge in [-0.05, 0) is 6.07 Å². The first-order valence-electron chi connectivity index (χ1n) is 6.45. The molecule has 3 atom stereocenters. The highest BCUT2D eigenvalue weighted by atomic mass is 16.4. The smallest absolute Gasteiger partial charge is 0.352 e. The summed E-state index contributed by atoms with van der Waals surface area (Å²) in [4.78, 5) is 47.1. The molecule has 9 heteroatoms. The summed E-state index contributed by atoms with van der Waals surface area (Å²) >= 11 is 0. The van der Waals surface area contributed by atoms with Gasteiger partial charge in [-0.2, -0.15) is 0 Å². The largest absolute Gasteiger partial charge is 0.481 e. The van der Waals surface area contributed by atoms with E-state index in [1.807, 2.05) is 0 Å². The second-order valence-electron chi connectivity index (χ2n) is 5.05. The predicted molar refractivity (Wildman–Crippen MR) is 71.9 cm³/mol. The topological polar surface area (TPSA) is 157 Å². The van der Waals surface area contributed by atoms with Crippen LogP contribution in [-0.2, 0) is 9.59 Å². The minimum absolute atomic E-state index is 0.129. The van der Waals surface area contributed by atoms with Crippen molar-refractivity contribution in [2.24, 2.45) is 5.92 Å². The zero-order valence-corrected chi connectivity index (χ0v) is 11.3. The number of hydrogen-bond acceptors (Lipinski definition) is 5. The van der Waals surface area contributed by atoms with Gasteiger partial charge in [-0.25, -0.2) is 4.79 Å². The molecule has 5 N–H and O–H groups in total. The fourth-order valence-electron chi connectivity index (χ4n) is 2.76. The lowest BCUT2D eigenvalue weighted by Crippen LogP contribution is -2.37. The molecule has 0 bridgehead atoms. The maximum absolute atomic E-state index is 12.0. The van der Waals surface area contributed by atoms with Crippen molar-refractivity contribution in [3.63, 3.8) is 0 Å². The van der Waals surface area contributed by atoms with Crippen molar-refractivity contribution in [3.8, 4) is 0 Å². The number of aliphatic carboxylic acids is 2. The maximum atomic E-state index is 12.0. The third-order valence-electron chi connectivity index (χ3n) is 3.75. The van der Waals surface area contributed by atoms with Gasteiger partial charge in [0.2, 0.25) is 0 Å². The molecular formula is C13H14N2O7. The molecule has 0 aliphatic carbocycles. The third-order valence-corrected chi connectivity index (χ3v) is 3.75. The van der Waals surface area contributed by atoms with Crippen LogP contribution in [0.5, 0.6) is 0 Å². The highest BCUT2D eigenvalue weighted by Crippen LogP contribution is 2.33. The van der Waals surface area contributed by atoms with Crippen molar-refractivity contribution >= 4 is 17.9 Å². The van der Waals surface area contributed by atoms with E-state index in [0.29, 0.717) is 0 Å². The number of hydrogen-bond donors (Lipinski definition) is 5. The number of aromatic amines is 1. The quantitative estimate of drug-likeness (QED) is 0.478. The average molecular weight is 310 g/mol. The predicted octanol–water partition coefficient (Wildman–Crippen LogP) is -0.696. The average Bonchev–Trinajstić information content (AvgIpc) is 2.81. The van der Waals surface area contributed by atoms with Crippen LogP contribution in [0.4, 0.5) is 0 Å². The zero-order chi connectivity index (χ0) is 16.4. The van der Waals surface area contributed by atoms with E-state index < -0.39 is 47.8 Å². The molecule has 0 radical (unpaired) electrons. The molecule has 0 aromatic carbocycles. The normalized spacial score (nSPS) is 24.1. The Morgan fingerprint density at radius 2 is 1.86 bits per heavy atom. The molecule has 1 saturated heterocycles. The van der Waals surface area contributed by atoms with Crippen LogP contribution >= 0.6 is 0 Å². The molecule has 22 heavy (non-hydrogen) atoms. The molecule has 118 valence electrons. The Morgan fingerprint density at radius 1 is 1.18 bits per heavy atom. The van der Waals surface area contributed by atoms with E-state index in [0.717, 1.165) is 0 Å². The van der Waals surface area contributed by atoms with Gasteiger partial charge >= 0.3 is 17.9 Å². The van der Waals surface area contributed by atoms with Crippen molar-refractivity contribution < 1.29 is 29.7 Å². The summed E-state index contributed by atoms with van der Waals surface area (Å²) in [5.41, 5.74) is -0.773. The zero-order valence-electron chi connectivity index (χ0n) is 11.3. The van der Waals surface area contributed by atoms with E-state index in [1.54, 1.807) is 0 Å². The highest BCUT2D eigenvalue weighted by molar-refractivity contribution is 5.85. The Bertz CT molecular complexity index is 681. The number of rotatable bonds is 5. The van der Waals surface area contributed by atoms with Crippen LogP contribution in [0.1, 0.15) is 28.4 Å². The van der Waals surface area contributed by atoms with Crippen molar-refractivity contribution in [2.75, 3.05) is 6.54 Å². The second-order valence-corrected chi connectivity index (χ2v) is 5.05. The number of H-pyrrole nitrogens is 1. The summed E-state index contributed by atoms with van der Waals surface area (Å²) in [6.07, 6.45) is -0.408. The lowest BCUT2D eigenvalue weighted by Gasteiger charge is -2.19. The summed E-state index contributed by atoms with van der Waals surface area (Å²) < 4.78 is 0. The van der Waals surface area contributed by atoms with Gasteiger partial charge in [0.1, 0.15) is 11.7 Å². The highest BCUT2D eigenvalue weighted by Gasteiger charge is 2.42. The summed E-state index contributed by atoms with van der Waals surface area (Å²) in [7, 11) is 0. The first kappa shape index (κ1) is 15.7. The van der Waals surface area contributed by atoms with Gasteiger partial charge in [0.25, 0.3) is 5.56 Å². The molecule has 1 aromatic heterocycles. The van der Waals surface area contributed by atoms with E-state index in [1.165, 1.54) is 12.1 Å². The van der Waals surface area contributed by atoms with Crippen LogP contribution < -0.4 is 10.9 Å². The number of aromatic nitrogens is 1. The minimum atomic E-state index is -1.29. The first-order valence-corrected chi connectivity index (χ1v) is 6.45. The molecule has 0 saturated carbocycles. The number of pyridine rings is 1. The molecular weight excluding hydrogens is 296 g/mol. The van der Waals surface area contributed by atoms with Crippen molar-refractivity contribution in [1.82, 2.24) is 10.3 Å². The molecule has 9 nitrogen and oxygen atoms in total. The van der Waals surface area contributed by atoms with Crippen LogP contribution in [0.15, 0.2) is 16.9 Å². The molecule has 1 aliphatic heterocycles. The minimum Gasteiger partial charge on any atom is -0.481 e. The third kappa shape index (κ3) is 2.98. The van der Waals surface area contributed by atoms with Gasteiger partial charge in [-0.1, -0.05) is 6.07 Å². The van der Waals surface area contributed by atoms with Crippen molar-refractivity contribution in [1.29, 1.82) is 0 Å². The fraction of sp³-hybridized carbons (Fsp3) is 0.385. The van der Waals surface area contributed by atoms with Gasteiger partial charge < -0.3 is 25.6 Å². The lowest BCUT2D eigenvalue weighted by atomic mass is 9.83. The van der Waals surface area contributed by atoms with Crippen LogP contribution in [0.3, 0.4) is 0 Å². The van der Waals surface area contributed by atoms with Crippen LogP contribution in [0.25, 0.3) is 0 Å². The molecule has 2 heterocycles. The molecule has 1 aliphatic rings. The Morgan fingerprint density at radius 3 is 2.36 bits per heavy atom. The molecule has 0 spiro atoms. The monoisotopic (exact) mass is 310 g/mol. The number of aromatic carboxylic acids is 1. The van der Waals surface area contributed by atoms with Crippen LogP contribution in [-0.4, -0.2) is 50.8 Å². The van der Waals surface area contributed by atoms with Gasteiger partial charge in [-0.15, -0.1) is 0 Å². The molecule has 2 rings (SSSR count). The fourth-order valence-corrected chi connectivity index (χ4v) is 2.76. The van der Waals surface area contributed by atoms with Crippen molar-refractivity contribution in [2.45, 2.75) is 18.4 Å². The standard InChI is InChI=1S/C13H14N2O7/c16-9(17)3-6-7(4-14-10(6)13(21)22)5-1-2-8(12(19)20)15-11(5)18/h1-2,6-7,10,14H,3-4H2,(H,15,18)(H,16,17)(H,19,20)(H,21,22)/t6?,7-,10?/m1/s1. The van der Waals surface area contributed by atoms with Gasteiger partial charge in [0.15, 0.2) is 0 Å². The number of carboxylic acids is 3. The molecule has 1 aromatic rings. The second kappa shape index (κ2) is 5.98. The van der Waals surface area contributed by atoms with E-state index in [2.05, 4.69) is 10.3 Å². The molecule has 0 amide bonds. The van der Waals surface area contributed by atoms with Gasteiger partial charge in [-0.3, -0.25) is 14.4 Å². The van der Waals surface area contributed by atoms with E-state index in [9.17, 15) is 19.2 Å². The Kier molecular flexibility index (Phi) is 4.27. The summed E-state index contributed by atoms with van der Waals surface area (Å²) in [6.45, 7) is 0.129. The van der Waals surface area contributed by atoms with Gasteiger partial charge in [0.05, 0.1) is 6.42 Å². The Balaban J connectivity index is 2.38. The summed E-state index contributed by atoms with van der Waals surface area (Å²) in [5.74, 6) is -5.06. The number of carboxylic acid groups (broad SMARTS) is 3. The van der Waals surface area contributed by atoms with E-state index in [4.69, 9.17) is 15.3 Å². The lowest BCUT2D eigenvalue weighted by molar-refractivity contribution is -0.142. The maximum Gasteiger partial charge on any atom is 0.352 e. The SMILES string of the molecule is O=C(O)CC1C(C(=O)O)NC[C@@H]1c1ccc(C(=O)O)[nH]c1=O. The molecule has 2 unspecified atom stereocenters.